The van der Waals surface area contributed by atoms with Gasteiger partial charge in [0.15, 0.2) is 0 Å². The molecule has 0 bridgehead atoms. The number of fused-ring (bicyclic) bond motifs is 2. The van der Waals surface area contributed by atoms with Crippen molar-refractivity contribution in [2.24, 2.45) is 5.73 Å². The third-order valence-corrected chi connectivity index (χ3v) is 7.43. The summed E-state index contributed by atoms with van der Waals surface area (Å²) >= 11 is 0. The molecule has 1 aliphatic heterocycles. The van der Waals surface area contributed by atoms with Gasteiger partial charge in [-0.1, -0.05) is 42.5 Å². The predicted molar refractivity (Wildman–Crippen MR) is 133 cm³/mol. The van der Waals surface area contributed by atoms with E-state index in [1.807, 2.05) is 60.8 Å². The summed E-state index contributed by atoms with van der Waals surface area (Å²) in [6.07, 6.45) is 2.02. The zero-order chi connectivity index (χ0) is 23.7. The molecule has 0 saturated heterocycles. The van der Waals surface area contributed by atoms with Crippen LogP contribution in [-0.4, -0.2) is 38.7 Å². The van der Waals surface area contributed by atoms with Crippen molar-refractivity contribution in [3.63, 3.8) is 0 Å². The maximum Gasteiger partial charge on any atom is 0.140 e. The molecule has 0 aliphatic carbocycles. The molecule has 0 fully saturated rings. The maximum absolute atomic E-state index is 13.5. The summed E-state index contributed by atoms with van der Waals surface area (Å²) in [7, 11) is -1.63. The number of H-pyrrole nitrogens is 1. The molecule has 3 unspecified atom stereocenters. The smallest absolute Gasteiger partial charge is 0.140 e. The predicted octanol–water partition coefficient (Wildman–Crippen LogP) is 2.94. The third-order valence-electron chi connectivity index (χ3n) is 6.18. The molecule has 0 radical (unpaired) electrons. The fourth-order valence-electron chi connectivity index (χ4n) is 4.51. The van der Waals surface area contributed by atoms with Crippen molar-refractivity contribution in [2.75, 3.05) is 13.2 Å². The van der Waals surface area contributed by atoms with Gasteiger partial charge in [0, 0.05) is 35.1 Å². The van der Waals surface area contributed by atoms with Crippen LogP contribution in [0.1, 0.15) is 22.9 Å². The van der Waals surface area contributed by atoms with Crippen LogP contribution in [0.15, 0.2) is 71.8 Å². The molecular weight excluding hydrogens is 450 g/mol. The first-order chi connectivity index (χ1) is 16.5. The molecule has 176 valence electrons. The molecule has 1 aliphatic rings. The van der Waals surface area contributed by atoms with Gasteiger partial charge in [-0.2, -0.15) is 0 Å². The lowest BCUT2D eigenvalue weighted by Crippen LogP contribution is -2.36. The molecule has 2 heterocycles. The molecule has 5 rings (SSSR count). The summed E-state index contributed by atoms with van der Waals surface area (Å²) in [5.74, 6) is 0.615. The van der Waals surface area contributed by atoms with Gasteiger partial charge in [0.2, 0.25) is 0 Å². The van der Waals surface area contributed by atoms with Gasteiger partial charge in [-0.15, -0.1) is 0 Å². The van der Waals surface area contributed by atoms with Crippen molar-refractivity contribution in [1.29, 1.82) is 0 Å². The lowest BCUT2D eigenvalue weighted by Gasteiger charge is -2.18. The van der Waals surface area contributed by atoms with Crippen LogP contribution in [0.5, 0.6) is 5.75 Å². The standard InChI is InChI=1S/C26H27N3O4S/c27-26(31)22-7-2-1-5-20(22)17-11-16-9-10-33-25(16)24(13-17)34(32)29-19(15-30)12-18-14-28-23-8-4-3-6-21(18)23/h1-8,11,13-14,19,26,28-31H,9-10,12,15,27H2. The molecule has 7 nitrogen and oxygen atoms in total. The first kappa shape index (κ1) is 22.8. The highest BCUT2D eigenvalue weighted by Crippen LogP contribution is 2.38. The maximum atomic E-state index is 13.5. The number of aliphatic hydroxyl groups is 2. The van der Waals surface area contributed by atoms with Gasteiger partial charge in [-0.25, -0.2) is 8.93 Å². The van der Waals surface area contributed by atoms with Crippen LogP contribution in [0.4, 0.5) is 0 Å². The number of hydrogen-bond acceptors (Lipinski definition) is 5. The average molecular weight is 478 g/mol. The van der Waals surface area contributed by atoms with E-state index in [0.717, 1.165) is 33.2 Å². The lowest BCUT2D eigenvalue weighted by molar-refractivity contribution is 0.187. The summed E-state index contributed by atoms with van der Waals surface area (Å²) < 4.78 is 22.4. The minimum atomic E-state index is -1.63. The SMILES string of the molecule is NC(O)c1ccccc1-c1cc2c(c(S(=O)NC(CO)Cc3c[nH]c4ccccc34)c1)OCC2. The number of nitrogens with two attached hydrogens (primary N) is 1. The van der Waals surface area contributed by atoms with Gasteiger partial charge in [0.05, 0.1) is 18.1 Å². The summed E-state index contributed by atoms with van der Waals surface area (Å²) in [6, 6.07) is 18.7. The number of hydrogen-bond donors (Lipinski definition) is 5. The van der Waals surface area contributed by atoms with E-state index in [1.165, 1.54) is 0 Å². The number of ether oxygens (including phenoxy) is 1. The molecule has 0 spiro atoms. The second kappa shape index (κ2) is 9.69. The molecule has 0 saturated carbocycles. The molecular formula is C26H27N3O4S. The fraction of sp³-hybridized carbons (Fsp3) is 0.231. The van der Waals surface area contributed by atoms with Crippen molar-refractivity contribution >= 4 is 21.9 Å². The number of aromatic amines is 1. The van der Waals surface area contributed by atoms with E-state index < -0.39 is 23.3 Å². The van der Waals surface area contributed by atoms with E-state index in [2.05, 4.69) is 9.71 Å². The fourth-order valence-corrected chi connectivity index (χ4v) is 5.69. The number of nitrogens with one attached hydrogen (secondary N) is 2. The quantitative estimate of drug-likeness (QED) is 0.250. The summed E-state index contributed by atoms with van der Waals surface area (Å²) in [5.41, 5.74) is 11.0. The Kier molecular flexibility index (Phi) is 6.49. The normalized spacial score (nSPS) is 15.6. The van der Waals surface area contributed by atoms with Gasteiger partial charge >= 0.3 is 0 Å². The minimum Gasteiger partial charge on any atom is -0.492 e. The van der Waals surface area contributed by atoms with Crippen molar-refractivity contribution in [3.05, 3.63) is 83.6 Å². The van der Waals surface area contributed by atoms with E-state index in [-0.39, 0.29) is 6.61 Å². The summed E-state index contributed by atoms with van der Waals surface area (Å²) in [5, 5.41) is 21.2. The number of para-hydroxylation sites is 1. The molecule has 3 aromatic carbocycles. The van der Waals surface area contributed by atoms with E-state index in [9.17, 15) is 14.4 Å². The highest BCUT2D eigenvalue weighted by atomic mass is 32.2. The Labute approximate surface area is 200 Å². The number of aromatic nitrogens is 1. The summed E-state index contributed by atoms with van der Waals surface area (Å²) in [6.45, 7) is 0.346. The van der Waals surface area contributed by atoms with Crippen LogP contribution in [0.2, 0.25) is 0 Å². The van der Waals surface area contributed by atoms with Crippen molar-refractivity contribution in [2.45, 2.75) is 30.0 Å². The van der Waals surface area contributed by atoms with Crippen molar-refractivity contribution < 1.29 is 19.2 Å². The first-order valence-corrected chi connectivity index (χ1v) is 12.4. The zero-order valence-corrected chi connectivity index (χ0v) is 19.3. The lowest BCUT2D eigenvalue weighted by atomic mass is 9.96. The number of rotatable bonds is 8. The van der Waals surface area contributed by atoms with Crippen molar-refractivity contribution in [3.8, 4) is 16.9 Å². The monoisotopic (exact) mass is 477 g/mol. The third kappa shape index (κ3) is 4.38. The average Bonchev–Trinajstić information content (AvgIpc) is 3.50. The first-order valence-electron chi connectivity index (χ1n) is 11.2. The molecule has 1 aromatic heterocycles. The van der Waals surface area contributed by atoms with Gasteiger partial charge < -0.3 is 25.7 Å². The van der Waals surface area contributed by atoms with Gasteiger partial charge in [-0.3, -0.25) is 0 Å². The highest BCUT2D eigenvalue weighted by molar-refractivity contribution is 7.83. The van der Waals surface area contributed by atoms with Gasteiger partial charge in [0.25, 0.3) is 0 Å². The van der Waals surface area contributed by atoms with E-state index in [4.69, 9.17) is 10.5 Å². The topological polar surface area (TPSA) is 121 Å². The Morgan fingerprint density at radius 2 is 1.94 bits per heavy atom. The van der Waals surface area contributed by atoms with E-state index >= 15 is 0 Å². The Balaban J connectivity index is 1.45. The van der Waals surface area contributed by atoms with Gasteiger partial charge in [0.1, 0.15) is 23.0 Å². The Morgan fingerprint density at radius 3 is 2.76 bits per heavy atom. The molecule has 6 N–H and O–H groups in total. The highest BCUT2D eigenvalue weighted by Gasteiger charge is 2.25. The van der Waals surface area contributed by atoms with Crippen LogP contribution in [0.3, 0.4) is 0 Å². The Morgan fingerprint density at radius 1 is 1.15 bits per heavy atom. The number of aliphatic hydroxyl groups excluding tert-OH is 2. The van der Waals surface area contributed by atoms with Crippen molar-refractivity contribution in [1.82, 2.24) is 9.71 Å². The minimum absolute atomic E-state index is 0.170. The molecule has 8 heteroatoms. The molecule has 34 heavy (non-hydrogen) atoms. The molecule has 4 aromatic rings. The van der Waals surface area contributed by atoms with Crippen LogP contribution in [0, 0.1) is 0 Å². The zero-order valence-electron chi connectivity index (χ0n) is 18.5. The summed E-state index contributed by atoms with van der Waals surface area (Å²) in [4.78, 5) is 3.76. The van der Waals surface area contributed by atoms with Crippen LogP contribution in [0.25, 0.3) is 22.0 Å². The number of benzene rings is 3. The molecule has 0 amide bonds. The molecule has 3 atom stereocenters. The second-order valence-electron chi connectivity index (χ2n) is 8.42. The van der Waals surface area contributed by atoms with E-state index in [0.29, 0.717) is 35.7 Å². The second-order valence-corrected chi connectivity index (χ2v) is 9.64. The largest absolute Gasteiger partial charge is 0.492 e. The Hall–Kier alpha value is -3.01. The van der Waals surface area contributed by atoms with Crippen LogP contribution in [-0.2, 0) is 23.8 Å². The van der Waals surface area contributed by atoms with E-state index in [1.54, 1.807) is 6.07 Å². The van der Waals surface area contributed by atoms with Gasteiger partial charge in [-0.05, 0) is 46.9 Å². The Bertz CT molecular complexity index is 1350. The van der Waals surface area contributed by atoms with Crippen LogP contribution >= 0.6 is 0 Å². The van der Waals surface area contributed by atoms with Crippen LogP contribution < -0.4 is 15.2 Å².